The summed E-state index contributed by atoms with van der Waals surface area (Å²) in [7, 11) is 3.22. The van der Waals surface area contributed by atoms with Crippen molar-refractivity contribution in [2.24, 2.45) is 5.10 Å². The maximum atomic E-state index is 10.1. The normalized spacial score (nSPS) is 16.8. The first-order valence-corrected chi connectivity index (χ1v) is 7.04. The number of hydrogen-bond acceptors (Lipinski definition) is 5. The first kappa shape index (κ1) is 14.3. The number of nitrogens with zero attached hydrogens (tertiary/aromatic N) is 1. The molecule has 0 saturated carbocycles. The van der Waals surface area contributed by atoms with Crippen LogP contribution in [0.4, 0.5) is 0 Å². The summed E-state index contributed by atoms with van der Waals surface area (Å²) in [6.07, 6.45) is 0.715. The third kappa shape index (κ3) is 2.70. The van der Waals surface area contributed by atoms with Gasteiger partial charge in [0.1, 0.15) is 17.2 Å². The molecular formula is C17H18N2O3. The number of benzene rings is 2. The average molecular weight is 298 g/mol. The monoisotopic (exact) mass is 298 g/mol. The van der Waals surface area contributed by atoms with Gasteiger partial charge >= 0.3 is 0 Å². The lowest BCUT2D eigenvalue weighted by atomic mass is 9.98. The first-order valence-electron chi connectivity index (χ1n) is 7.04. The third-order valence-electron chi connectivity index (χ3n) is 3.79. The van der Waals surface area contributed by atoms with Gasteiger partial charge in [0.05, 0.1) is 26.0 Å². The van der Waals surface area contributed by atoms with Gasteiger partial charge in [-0.1, -0.05) is 12.1 Å². The molecule has 0 aromatic heterocycles. The van der Waals surface area contributed by atoms with Gasteiger partial charge in [0.15, 0.2) is 0 Å². The second-order valence-corrected chi connectivity index (χ2v) is 5.10. The van der Waals surface area contributed by atoms with Gasteiger partial charge in [0, 0.05) is 18.1 Å². The van der Waals surface area contributed by atoms with E-state index in [1.165, 1.54) is 0 Å². The van der Waals surface area contributed by atoms with E-state index in [2.05, 4.69) is 10.5 Å². The molecule has 0 radical (unpaired) electrons. The van der Waals surface area contributed by atoms with E-state index in [9.17, 15) is 5.11 Å². The number of ether oxygens (including phenoxy) is 2. The summed E-state index contributed by atoms with van der Waals surface area (Å²) in [5, 5.41) is 14.5. The molecule has 114 valence electrons. The van der Waals surface area contributed by atoms with E-state index < -0.39 is 0 Å². The maximum Gasteiger partial charge on any atom is 0.128 e. The van der Waals surface area contributed by atoms with Crippen molar-refractivity contribution in [1.29, 1.82) is 0 Å². The van der Waals surface area contributed by atoms with Gasteiger partial charge in [-0.15, -0.1) is 0 Å². The highest BCUT2D eigenvalue weighted by Gasteiger charge is 2.23. The Hall–Kier alpha value is -2.69. The van der Waals surface area contributed by atoms with Crippen molar-refractivity contribution in [2.75, 3.05) is 14.2 Å². The van der Waals surface area contributed by atoms with Gasteiger partial charge in [0.25, 0.3) is 0 Å². The van der Waals surface area contributed by atoms with Gasteiger partial charge in [-0.3, -0.25) is 0 Å². The van der Waals surface area contributed by atoms with Crippen LogP contribution in [0.5, 0.6) is 17.2 Å². The zero-order chi connectivity index (χ0) is 15.5. The molecule has 2 aromatic rings. The Kier molecular flexibility index (Phi) is 3.87. The topological polar surface area (TPSA) is 63.1 Å². The Bertz CT molecular complexity index is 696. The van der Waals surface area contributed by atoms with Crippen molar-refractivity contribution in [2.45, 2.75) is 12.5 Å². The van der Waals surface area contributed by atoms with Crippen molar-refractivity contribution in [1.82, 2.24) is 5.43 Å². The van der Waals surface area contributed by atoms with Gasteiger partial charge in [-0.05, 0) is 29.8 Å². The Balaban J connectivity index is 1.76. The van der Waals surface area contributed by atoms with Gasteiger partial charge < -0.3 is 20.0 Å². The van der Waals surface area contributed by atoms with Gasteiger partial charge in [-0.2, -0.15) is 5.10 Å². The number of nitrogens with one attached hydrogen (secondary N) is 1. The largest absolute Gasteiger partial charge is 0.507 e. The minimum atomic E-state index is 0.0995. The van der Waals surface area contributed by atoms with E-state index in [1.807, 2.05) is 36.4 Å². The fraction of sp³-hybridized carbons (Fsp3) is 0.235. The molecular weight excluding hydrogens is 280 g/mol. The smallest absolute Gasteiger partial charge is 0.128 e. The highest BCUT2D eigenvalue weighted by molar-refractivity contribution is 6.04. The van der Waals surface area contributed by atoms with E-state index in [1.54, 1.807) is 20.3 Å². The number of methoxy groups -OCH3 is 2. The quantitative estimate of drug-likeness (QED) is 0.911. The van der Waals surface area contributed by atoms with E-state index in [4.69, 9.17) is 9.47 Å². The molecule has 5 heteroatoms. The Morgan fingerprint density at radius 3 is 2.36 bits per heavy atom. The van der Waals surface area contributed by atoms with Crippen molar-refractivity contribution in [3.8, 4) is 17.2 Å². The van der Waals surface area contributed by atoms with E-state index in [0.29, 0.717) is 12.2 Å². The summed E-state index contributed by atoms with van der Waals surface area (Å²) in [6.45, 7) is 0. The number of hydrazone groups is 1. The lowest BCUT2D eigenvalue weighted by molar-refractivity contribution is 0.407. The molecule has 0 unspecified atom stereocenters. The molecule has 0 amide bonds. The molecule has 3 rings (SSSR count). The highest BCUT2D eigenvalue weighted by atomic mass is 16.5. The summed E-state index contributed by atoms with van der Waals surface area (Å²) >= 11 is 0. The number of aromatic hydroxyl groups is 1. The second kappa shape index (κ2) is 5.97. The molecule has 1 aliphatic rings. The number of phenolic OH excluding ortho intramolecular Hbond substituents is 1. The highest BCUT2D eigenvalue weighted by Crippen LogP contribution is 2.30. The summed E-state index contributed by atoms with van der Waals surface area (Å²) in [4.78, 5) is 0. The molecule has 0 saturated heterocycles. The zero-order valence-electron chi connectivity index (χ0n) is 12.5. The van der Waals surface area contributed by atoms with Crippen molar-refractivity contribution < 1.29 is 14.6 Å². The molecule has 22 heavy (non-hydrogen) atoms. The van der Waals surface area contributed by atoms with E-state index in [-0.39, 0.29) is 11.8 Å². The lowest BCUT2D eigenvalue weighted by Gasteiger charge is -2.11. The molecule has 1 aliphatic heterocycles. The summed E-state index contributed by atoms with van der Waals surface area (Å²) in [5.41, 5.74) is 5.81. The van der Waals surface area contributed by atoms with Crippen LogP contribution >= 0.6 is 0 Å². The summed E-state index contributed by atoms with van der Waals surface area (Å²) < 4.78 is 10.3. The molecule has 2 N–H and O–H groups in total. The third-order valence-corrected chi connectivity index (χ3v) is 3.79. The molecule has 1 heterocycles. The second-order valence-electron chi connectivity index (χ2n) is 5.10. The van der Waals surface area contributed by atoms with Gasteiger partial charge in [0.2, 0.25) is 0 Å². The summed E-state index contributed by atoms with van der Waals surface area (Å²) in [6, 6.07) is 13.2. The van der Waals surface area contributed by atoms with Crippen molar-refractivity contribution in [3.63, 3.8) is 0 Å². The molecule has 0 bridgehead atoms. The van der Waals surface area contributed by atoms with Crippen LogP contribution in [0.1, 0.15) is 23.6 Å². The molecule has 1 atom stereocenters. The van der Waals surface area contributed by atoms with Crippen molar-refractivity contribution in [3.05, 3.63) is 53.6 Å². The van der Waals surface area contributed by atoms with Crippen molar-refractivity contribution >= 4 is 5.71 Å². The molecule has 0 aliphatic carbocycles. The fourth-order valence-corrected chi connectivity index (χ4v) is 2.52. The first-order chi connectivity index (χ1) is 10.7. The number of rotatable bonds is 4. The number of hydrogen-bond donors (Lipinski definition) is 2. The fourth-order valence-electron chi connectivity index (χ4n) is 2.52. The Labute approximate surface area is 129 Å². The lowest BCUT2D eigenvalue weighted by Crippen LogP contribution is -2.09. The standard InChI is InChI=1S/C17H18N2O3/c1-21-12-5-3-11(4-6-12)15-10-16(19-18-15)14-8-7-13(22-2)9-17(14)20/h3-9,15,18,20H,10H2,1-2H3/t15-/m0/s1. The Morgan fingerprint density at radius 1 is 1.05 bits per heavy atom. The van der Waals surface area contributed by atoms with E-state index >= 15 is 0 Å². The SMILES string of the molecule is COc1ccc([C@@H]2CC(c3ccc(OC)cc3O)=NN2)cc1. The van der Waals surface area contributed by atoms with Crippen LogP contribution in [0.3, 0.4) is 0 Å². The average Bonchev–Trinajstić information content (AvgIpc) is 3.04. The van der Waals surface area contributed by atoms with Crippen LogP contribution in [0, 0.1) is 0 Å². The van der Waals surface area contributed by atoms with Crippen LogP contribution < -0.4 is 14.9 Å². The minimum absolute atomic E-state index is 0.0995. The summed E-state index contributed by atoms with van der Waals surface area (Å²) in [5.74, 6) is 1.63. The molecule has 0 spiro atoms. The predicted molar refractivity (Wildman–Crippen MR) is 84.7 cm³/mol. The van der Waals surface area contributed by atoms with Crippen LogP contribution in [0.15, 0.2) is 47.6 Å². The molecule has 0 fully saturated rings. The number of phenols is 1. The van der Waals surface area contributed by atoms with Crippen LogP contribution in [0.25, 0.3) is 0 Å². The van der Waals surface area contributed by atoms with Crippen LogP contribution in [0.2, 0.25) is 0 Å². The minimum Gasteiger partial charge on any atom is -0.507 e. The zero-order valence-corrected chi connectivity index (χ0v) is 12.5. The molecule has 2 aromatic carbocycles. The van der Waals surface area contributed by atoms with Crippen LogP contribution in [-0.2, 0) is 0 Å². The molecule has 5 nitrogen and oxygen atoms in total. The van der Waals surface area contributed by atoms with E-state index in [0.717, 1.165) is 22.6 Å². The van der Waals surface area contributed by atoms with Crippen LogP contribution in [-0.4, -0.2) is 25.0 Å². The maximum absolute atomic E-state index is 10.1. The Morgan fingerprint density at radius 2 is 1.73 bits per heavy atom. The predicted octanol–water partition coefficient (Wildman–Crippen LogP) is 2.85. The van der Waals surface area contributed by atoms with Gasteiger partial charge in [-0.25, -0.2) is 0 Å².